The van der Waals surface area contributed by atoms with Gasteiger partial charge in [0.05, 0.1) is 11.6 Å². The number of nitrogens with one attached hydrogen (secondary N) is 1. The summed E-state index contributed by atoms with van der Waals surface area (Å²) in [5, 5.41) is 11.6. The fourth-order valence-corrected chi connectivity index (χ4v) is 4.23. The topological polar surface area (TPSA) is 73.4 Å². The minimum absolute atomic E-state index is 0.175. The zero-order chi connectivity index (χ0) is 20.7. The van der Waals surface area contributed by atoms with Gasteiger partial charge in [0.1, 0.15) is 0 Å². The van der Waals surface area contributed by atoms with Gasteiger partial charge in [0.25, 0.3) is 5.91 Å². The molecule has 0 saturated carbocycles. The number of amides is 1. The Balaban J connectivity index is 1.69. The van der Waals surface area contributed by atoms with Gasteiger partial charge >= 0.3 is 0 Å². The molecule has 2 heterocycles. The molecule has 29 heavy (non-hydrogen) atoms. The number of aryl methyl sites for hydroxylation is 2. The maximum Gasteiger partial charge on any atom is 0.290 e. The minimum Gasteiger partial charge on any atom is -0.503 e. The number of rotatable bonds is 5. The summed E-state index contributed by atoms with van der Waals surface area (Å²) in [5.74, 6) is -1.20. The highest BCUT2D eigenvalue weighted by Crippen LogP contribution is 2.38. The average Bonchev–Trinajstić information content (AvgIpc) is 3.14. The van der Waals surface area contributed by atoms with Crippen molar-refractivity contribution in [3.63, 3.8) is 0 Å². The molecular weight excluding hydrogens is 364 g/mol. The maximum atomic E-state index is 12.8. The molecule has 0 aliphatic carbocycles. The Morgan fingerprint density at radius 1 is 1.10 bits per heavy atom. The maximum absolute atomic E-state index is 12.8. The second kappa shape index (κ2) is 7.24. The summed E-state index contributed by atoms with van der Waals surface area (Å²) >= 11 is 0. The van der Waals surface area contributed by atoms with Gasteiger partial charge in [-0.25, -0.2) is 0 Å². The van der Waals surface area contributed by atoms with Crippen LogP contribution in [0.15, 0.2) is 59.9 Å². The number of carbonyl (C=O) groups is 2. The number of hydrogen-bond donors (Lipinski definition) is 2. The monoisotopic (exact) mass is 388 g/mol. The molecule has 148 valence electrons. The minimum atomic E-state index is -0.564. The predicted octanol–water partition coefficient (Wildman–Crippen LogP) is 4.31. The number of aliphatic hydroxyl groups is 1. The van der Waals surface area contributed by atoms with Crippen LogP contribution in [0.5, 0.6) is 0 Å². The summed E-state index contributed by atoms with van der Waals surface area (Å²) in [4.78, 5) is 30.1. The number of H-pyrrole nitrogens is 1. The number of fused-ring (bicyclic) bond motifs is 1. The summed E-state index contributed by atoms with van der Waals surface area (Å²) in [7, 11) is 0. The lowest BCUT2D eigenvalue weighted by molar-refractivity contribution is -0.129. The summed E-state index contributed by atoms with van der Waals surface area (Å²) in [6, 6.07) is 15.3. The van der Waals surface area contributed by atoms with Crippen LogP contribution in [0.4, 0.5) is 0 Å². The second-order valence-electron chi connectivity index (χ2n) is 7.65. The van der Waals surface area contributed by atoms with Gasteiger partial charge in [0.2, 0.25) is 0 Å². The number of para-hydroxylation sites is 1. The predicted molar refractivity (Wildman–Crippen MR) is 113 cm³/mol. The van der Waals surface area contributed by atoms with Crippen molar-refractivity contribution < 1.29 is 14.7 Å². The summed E-state index contributed by atoms with van der Waals surface area (Å²) in [5.41, 5.74) is 5.37. The van der Waals surface area contributed by atoms with E-state index in [4.69, 9.17) is 0 Å². The lowest BCUT2D eigenvalue weighted by atomic mass is 9.95. The van der Waals surface area contributed by atoms with E-state index < -0.39 is 17.7 Å². The van der Waals surface area contributed by atoms with Crippen LogP contribution in [0.2, 0.25) is 0 Å². The number of aromatic amines is 1. The van der Waals surface area contributed by atoms with Crippen LogP contribution in [0, 0.1) is 13.8 Å². The summed E-state index contributed by atoms with van der Waals surface area (Å²) < 4.78 is 0. The number of ketones is 1. The molecule has 1 aliphatic heterocycles. The molecule has 1 aromatic heterocycles. The summed E-state index contributed by atoms with van der Waals surface area (Å²) in [6.45, 7) is 5.81. The molecular formula is C24H24N2O3. The number of carbonyl (C=O) groups excluding carboxylic acids is 2. The number of aromatic nitrogens is 1. The molecule has 1 atom stereocenters. The molecule has 5 heteroatoms. The van der Waals surface area contributed by atoms with Crippen LogP contribution in [0.3, 0.4) is 0 Å². The highest BCUT2D eigenvalue weighted by atomic mass is 16.3. The lowest BCUT2D eigenvalue weighted by Crippen LogP contribution is -2.33. The number of aliphatic hydroxyl groups excluding tert-OH is 1. The van der Waals surface area contributed by atoms with Crippen LogP contribution in [0.25, 0.3) is 10.9 Å². The van der Waals surface area contributed by atoms with E-state index in [0.717, 1.165) is 33.3 Å². The van der Waals surface area contributed by atoms with E-state index in [0.29, 0.717) is 13.0 Å². The second-order valence-corrected chi connectivity index (χ2v) is 7.65. The van der Waals surface area contributed by atoms with Crippen molar-refractivity contribution in [3.8, 4) is 0 Å². The van der Waals surface area contributed by atoms with E-state index in [1.165, 1.54) is 6.92 Å². The first-order valence-corrected chi connectivity index (χ1v) is 9.76. The Labute approximate surface area is 169 Å². The molecule has 0 bridgehead atoms. The Morgan fingerprint density at radius 3 is 2.48 bits per heavy atom. The van der Waals surface area contributed by atoms with Crippen molar-refractivity contribution in [2.75, 3.05) is 6.54 Å². The highest BCUT2D eigenvalue weighted by Gasteiger charge is 2.42. The van der Waals surface area contributed by atoms with Crippen LogP contribution in [-0.4, -0.2) is 33.2 Å². The van der Waals surface area contributed by atoms with Crippen molar-refractivity contribution in [3.05, 3.63) is 82.2 Å². The highest BCUT2D eigenvalue weighted by molar-refractivity contribution is 6.08. The number of Topliss-reactive ketones (excluding diaryl/α,β-unsaturated/α-hetero) is 1. The zero-order valence-corrected chi connectivity index (χ0v) is 16.8. The molecule has 0 spiro atoms. The molecule has 2 N–H and O–H groups in total. The summed E-state index contributed by atoms with van der Waals surface area (Å²) in [6.07, 6.45) is 0.627. The standard InChI is InChI=1S/C24H24N2O3/c1-14-8-10-17(11-9-14)22-21(16(3)27)23(28)24(29)26(22)13-12-18-15(2)25-20-7-5-4-6-19(18)20/h4-11,22,25,28H,12-13H2,1-3H3. The number of benzene rings is 2. The van der Waals surface area contributed by atoms with Crippen LogP contribution in [-0.2, 0) is 16.0 Å². The van der Waals surface area contributed by atoms with Gasteiger partial charge in [0, 0.05) is 23.1 Å². The molecule has 3 aromatic rings. The van der Waals surface area contributed by atoms with E-state index in [-0.39, 0.29) is 11.4 Å². The van der Waals surface area contributed by atoms with E-state index in [2.05, 4.69) is 11.1 Å². The molecule has 1 unspecified atom stereocenters. The van der Waals surface area contributed by atoms with E-state index in [1.807, 2.05) is 56.3 Å². The molecule has 1 aliphatic rings. The Kier molecular flexibility index (Phi) is 4.74. The lowest BCUT2D eigenvalue weighted by Gasteiger charge is -2.27. The smallest absolute Gasteiger partial charge is 0.290 e. The Bertz CT molecular complexity index is 1140. The zero-order valence-electron chi connectivity index (χ0n) is 16.8. The van der Waals surface area contributed by atoms with Gasteiger partial charge in [-0.2, -0.15) is 0 Å². The van der Waals surface area contributed by atoms with E-state index >= 15 is 0 Å². The van der Waals surface area contributed by atoms with Crippen LogP contribution >= 0.6 is 0 Å². The van der Waals surface area contributed by atoms with Gasteiger partial charge < -0.3 is 15.0 Å². The molecule has 0 fully saturated rings. The molecule has 5 nitrogen and oxygen atoms in total. The third-order valence-electron chi connectivity index (χ3n) is 5.71. The molecule has 4 rings (SSSR count). The SMILES string of the molecule is CC(=O)C1=C(O)C(=O)N(CCc2c(C)[nH]c3ccccc23)C1c1ccc(C)cc1. The fourth-order valence-electron chi connectivity index (χ4n) is 4.23. The normalized spacial score (nSPS) is 16.9. The van der Waals surface area contributed by atoms with E-state index in [1.54, 1.807) is 4.90 Å². The third-order valence-corrected chi connectivity index (χ3v) is 5.71. The Morgan fingerprint density at radius 2 is 1.79 bits per heavy atom. The fraction of sp³-hybridized carbons (Fsp3) is 0.250. The first-order valence-electron chi connectivity index (χ1n) is 9.76. The van der Waals surface area contributed by atoms with Gasteiger partial charge in [-0.3, -0.25) is 9.59 Å². The van der Waals surface area contributed by atoms with Gasteiger partial charge in [-0.15, -0.1) is 0 Å². The Hall–Kier alpha value is -3.34. The third kappa shape index (κ3) is 3.23. The molecule has 0 radical (unpaired) electrons. The molecule has 1 amide bonds. The van der Waals surface area contributed by atoms with Crippen molar-refractivity contribution in [1.29, 1.82) is 0 Å². The first kappa shape index (κ1) is 19.0. The van der Waals surface area contributed by atoms with Crippen LogP contribution < -0.4 is 0 Å². The number of hydrogen-bond acceptors (Lipinski definition) is 3. The quantitative estimate of drug-likeness (QED) is 0.684. The molecule has 2 aromatic carbocycles. The van der Waals surface area contributed by atoms with Crippen LogP contribution in [0.1, 0.15) is 35.3 Å². The largest absolute Gasteiger partial charge is 0.503 e. The average molecular weight is 388 g/mol. The molecule has 0 saturated heterocycles. The van der Waals surface area contributed by atoms with Gasteiger partial charge in [-0.1, -0.05) is 48.0 Å². The number of nitrogens with zero attached hydrogens (tertiary/aromatic N) is 1. The van der Waals surface area contributed by atoms with Crippen molar-refractivity contribution in [2.45, 2.75) is 33.2 Å². The van der Waals surface area contributed by atoms with Gasteiger partial charge in [0.15, 0.2) is 11.5 Å². The van der Waals surface area contributed by atoms with Crippen molar-refractivity contribution in [2.24, 2.45) is 0 Å². The van der Waals surface area contributed by atoms with Crippen molar-refractivity contribution >= 4 is 22.6 Å². The van der Waals surface area contributed by atoms with E-state index in [9.17, 15) is 14.7 Å². The van der Waals surface area contributed by atoms with Crippen molar-refractivity contribution in [1.82, 2.24) is 9.88 Å². The van der Waals surface area contributed by atoms with Gasteiger partial charge in [-0.05, 0) is 44.4 Å². The first-order chi connectivity index (χ1) is 13.9.